The second kappa shape index (κ2) is 7.43. The Morgan fingerprint density at radius 1 is 1.32 bits per heavy atom. The fourth-order valence-electron chi connectivity index (χ4n) is 4.53. The maximum atomic E-state index is 13.3. The van der Waals surface area contributed by atoms with Gasteiger partial charge in [0.1, 0.15) is 0 Å². The van der Waals surface area contributed by atoms with Crippen molar-refractivity contribution in [2.75, 3.05) is 27.2 Å². The van der Waals surface area contributed by atoms with Gasteiger partial charge >= 0.3 is 5.97 Å². The number of fused-ring (bicyclic) bond motifs is 4. The van der Waals surface area contributed by atoms with Crippen LogP contribution in [0.15, 0.2) is 36.1 Å². The molecule has 1 aromatic carbocycles. The van der Waals surface area contributed by atoms with Crippen LogP contribution in [0, 0.1) is 11.8 Å². The van der Waals surface area contributed by atoms with E-state index in [1.165, 1.54) is 13.4 Å². The number of hydrogen-bond acceptors (Lipinski definition) is 5. The summed E-state index contributed by atoms with van der Waals surface area (Å²) in [4.78, 5) is 31.3. The highest BCUT2D eigenvalue weighted by Crippen LogP contribution is 2.37. The zero-order valence-corrected chi connectivity index (χ0v) is 16.5. The molecule has 0 unspecified atom stereocenters. The van der Waals surface area contributed by atoms with Crippen LogP contribution in [0.2, 0.25) is 0 Å². The van der Waals surface area contributed by atoms with Gasteiger partial charge in [-0.25, -0.2) is 4.79 Å². The van der Waals surface area contributed by atoms with Crippen LogP contribution in [-0.2, 0) is 20.7 Å². The van der Waals surface area contributed by atoms with Gasteiger partial charge in [0.25, 0.3) is 0 Å². The van der Waals surface area contributed by atoms with E-state index in [0.717, 1.165) is 36.0 Å². The second-order valence-electron chi connectivity index (χ2n) is 7.84. The molecule has 0 aliphatic carbocycles. The summed E-state index contributed by atoms with van der Waals surface area (Å²) in [7, 11) is 3.44. The van der Waals surface area contributed by atoms with Crippen LogP contribution in [0.5, 0.6) is 0 Å². The van der Waals surface area contributed by atoms with E-state index in [2.05, 4.69) is 23.0 Å². The molecular weight excluding hydrogens is 356 g/mol. The number of ether oxygens (including phenoxy) is 2. The summed E-state index contributed by atoms with van der Waals surface area (Å²) in [6, 6.07) is 8.02. The Kier molecular flexibility index (Phi) is 4.98. The van der Waals surface area contributed by atoms with Gasteiger partial charge in [-0.05, 0) is 32.0 Å². The average Bonchev–Trinajstić information content (AvgIpc) is 3.07. The molecule has 6 nitrogen and oxygen atoms in total. The number of aromatic nitrogens is 1. The van der Waals surface area contributed by atoms with E-state index in [9.17, 15) is 9.59 Å². The molecule has 28 heavy (non-hydrogen) atoms. The topological polar surface area (TPSA) is 71.6 Å². The lowest BCUT2D eigenvalue weighted by atomic mass is 9.77. The summed E-state index contributed by atoms with van der Waals surface area (Å²) >= 11 is 0. The van der Waals surface area contributed by atoms with Gasteiger partial charge in [0.15, 0.2) is 5.78 Å². The lowest BCUT2D eigenvalue weighted by Crippen LogP contribution is -2.43. The van der Waals surface area contributed by atoms with Gasteiger partial charge in [-0.2, -0.15) is 0 Å². The Hall–Kier alpha value is -2.60. The molecule has 0 amide bonds. The Labute approximate surface area is 164 Å². The van der Waals surface area contributed by atoms with Crippen molar-refractivity contribution in [2.24, 2.45) is 11.8 Å². The van der Waals surface area contributed by atoms with Crippen molar-refractivity contribution in [3.8, 4) is 0 Å². The molecule has 1 N–H and O–H groups in total. The van der Waals surface area contributed by atoms with Crippen molar-refractivity contribution in [1.82, 2.24) is 9.88 Å². The van der Waals surface area contributed by atoms with Crippen molar-refractivity contribution in [3.05, 3.63) is 47.4 Å². The van der Waals surface area contributed by atoms with E-state index in [1.807, 2.05) is 25.1 Å². The quantitative estimate of drug-likeness (QED) is 0.768. The minimum atomic E-state index is -0.425. The number of carbonyl (C=O) groups is 2. The number of benzene rings is 1. The Morgan fingerprint density at radius 3 is 2.89 bits per heavy atom. The molecule has 0 radical (unpaired) electrons. The number of hydrogen-bond donors (Lipinski definition) is 1. The minimum Gasteiger partial charge on any atom is -0.497 e. The zero-order chi connectivity index (χ0) is 19.8. The Balaban J connectivity index is 1.79. The maximum Gasteiger partial charge on any atom is 0.337 e. The molecule has 2 aliphatic rings. The number of Topliss-reactive ketones (excluding diaryl/α,β-unsaturated/α-hetero) is 1. The number of rotatable bonds is 1. The monoisotopic (exact) mass is 382 g/mol. The number of methoxy groups -OCH3 is 1. The third-order valence-corrected chi connectivity index (χ3v) is 6.11. The highest BCUT2D eigenvalue weighted by atomic mass is 16.5. The standard InChI is InChI=1S/C22H26N2O4/c1-13-17-11-24(2)9-8-15-14-6-4-5-7-19(14)23-21(15)20(25)10-16(17)18(12-28-13)22(26)27-3/h4-7,12-13,16-17,23H,8-11H2,1-3H3/t13-,16-,17-/m0/s1. The van der Waals surface area contributed by atoms with Crippen LogP contribution >= 0.6 is 0 Å². The number of para-hydroxylation sites is 1. The molecule has 0 fully saturated rings. The van der Waals surface area contributed by atoms with Crippen LogP contribution in [-0.4, -0.2) is 55.0 Å². The van der Waals surface area contributed by atoms with Crippen LogP contribution in [0.4, 0.5) is 0 Å². The normalized spacial score (nSPS) is 26.0. The predicted octanol–water partition coefficient (Wildman–Crippen LogP) is 2.94. The number of esters is 1. The third kappa shape index (κ3) is 3.22. The molecule has 2 aromatic rings. The van der Waals surface area contributed by atoms with Crippen LogP contribution in [0.1, 0.15) is 29.4 Å². The van der Waals surface area contributed by atoms with Crippen molar-refractivity contribution in [2.45, 2.75) is 25.9 Å². The van der Waals surface area contributed by atoms with Crippen LogP contribution in [0.25, 0.3) is 10.9 Å². The van der Waals surface area contributed by atoms with E-state index < -0.39 is 5.97 Å². The molecule has 148 valence electrons. The summed E-state index contributed by atoms with van der Waals surface area (Å²) in [5.74, 6) is -0.580. The van der Waals surface area contributed by atoms with Gasteiger partial charge in [-0.15, -0.1) is 0 Å². The van der Waals surface area contributed by atoms with E-state index in [1.54, 1.807) is 0 Å². The largest absolute Gasteiger partial charge is 0.497 e. The second-order valence-corrected chi connectivity index (χ2v) is 7.84. The van der Waals surface area contributed by atoms with E-state index >= 15 is 0 Å². The molecule has 0 spiro atoms. The lowest BCUT2D eigenvalue weighted by molar-refractivity contribution is -0.138. The van der Waals surface area contributed by atoms with Gasteiger partial charge in [0.2, 0.25) is 0 Å². The first-order valence-electron chi connectivity index (χ1n) is 9.74. The van der Waals surface area contributed by atoms with Gasteiger partial charge in [0.05, 0.1) is 30.7 Å². The number of nitrogens with zero attached hydrogens (tertiary/aromatic N) is 1. The third-order valence-electron chi connectivity index (χ3n) is 6.11. The van der Waals surface area contributed by atoms with Crippen LogP contribution < -0.4 is 0 Å². The summed E-state index contributed by atoms with van der Waals surface area (Å²) in [5.41, 5.74) is 3.15. The SMILES string of the molecule is COC(=O)C1=CO[C@@H](C)[C@@H]2CN(C)CCc3c([nH]c4ccccc34)C(=O)C[C@H]12. The molecule has 0 saturated carbocycles. The molecule has 0 bridgehead atoms. The van der Waals surface area contributed by atoms with E-state index in [4.69, 9.17) is 9.47 Å². The van der Waals surface area contributed by atoms with Crippen molar-refractivity contribution in [1.29, 1.82) is 0 Å². The molecule has 1 aromatic heterocycles. The molecule has 2 aliphatic heterocycles. The molecule has 3 atom stereocenters. The number of likely N-dealkylation sites (N-methyl/N-ethyl adjacent to an activating group) is 1. The van der Waals surface area contributed by atoms with E-state index in [0.29, 0.717) is 11.3 Å². The zero-order valence-electron chi connectivity index (χ0n) is 16.5. The summed E-state index contributed by atoms with van der Waals surface area (Å²) < 4.78 is 10.7. The number of carbonyl (C=O) groups excluding carboxylic acids is 2. The first-order valence-corrected chi connectivity index (χ1v) is 9.74. The fraction of sp³-hybridized carbons (Fsp3) is 0.455. The first-order chi connectivity index (χ1) is 13.5. The predicted molar refractivity (Wildman–Crippen MR) is 106 cm³/mol. The molecule has 3 heterocycles. The van der Waals surface area contributed by atoms with Crippen LogP contribution in [0.3, 0.4) is 0 Å². The molecule has 4 rings (SSSR count). The summed E-state index contributed by atoms with van der Waals surface area (Å²) in [6.07, 6.45) is 2.47. The Bertz CT molecular complexity index is 945. The summed E-state index contributed by atoms with van der Waals surface area (Å²) in [6.45, 7) is 3.58. The number of nitrogens with one attached hydrogen (secondary N) is 1. The molecule has 6 heteroatoms. The lowest BCUT2D eigenvalue weighted by Gasteiger charge is -2.38. The van der Waals surface area contributed by atoms with Gasteiger partial charge in [-0.3, -0.25) is 4.79 Å². The number of aromatic amines is 1. The van der Waals surface area contributed by atoms with E-state index in [-0.39, 0.29) is 30.1 Å². The highest BCUT2D eigenvalue weighted by molar-refractivity contribution is 6.03. The number of ketones is 1. The highest BCUT2D eigenvalue weighted by Gasteiger charge is 2.40. The summed E-state index contributed by atoms with van der Waals surface area (Å²) in [5, 5.41) is 1.10. The fourth-order valence-corrected chi connectivity index (χ4v) is 4.53. The number of H-pyrrole nitrogens is 1. The maximum absolute atomic E-state index is 13.3. The first kappa shape index (κ1) is 18.7. The van der Waals surface area contributed by atoms with Gasteiger partial charge in [0, 0.05) is 42.2 Å². The van der Waals surface area contributed by atoms with Crippen molar-refractivity contribution in [3.63, 3.8) is 0 Å². The van der Waals surface area contributed by atoms with Crippen molar-refractivity contribution >= 4 is 22.7 Å². The van der Waals surface area contributed by atoms with Gasteiger partial charge in [-0.1, -0.05) is 18.2 Å². The average molecular weight is 382 g/mol. The molecule has 0 saturated heterocycles. The molecular formula is C22H26N2O4. The van der Waals surface area contributed by atoms with Crippen molar-refractivity contribution < 1.29 is 19.1 Å². The minimum absolute atomic E-state index is 0.0367. The smallest absolute Gasteiger partial charge is 0.337 e. The Morgan fingerprint density at radius 2 is 2.11 bits per heavy atom. The van der Waals surface area contributed by atoms with Gasteiger partial charge < -0.3 is 19.4 Å².